The lowest BCUT2D eigenvalue weighted by Crippen LogP contribution is -2.27. The van der Waals surface area contributed by atoms with Gasteiger partial charge in [-0.3, -0.25) is 9.36 Å². The minimum atomic E-state index is -0.503. The van der Waals surface area contributed by atoms with Gasteiger partial charge >= 0.3 is 0 Å². The maximum absolute atomic E-state index is 12.8. The van der Waals surface area contributed by atoms with E-state index in [9.17, 15) is 9.90 Å². The van der Waals surface area contributed by atoms with E-state index in [1.54, 1.807) is 19.1 Å². The minimum absolute atomic E-state index is 0.0305. The Morgan fingerprint density at radius 2 is 1.82 bits per heavy atom. The van der Waals surface area contributed by atoms with Gasteiger partial charge in [-0.05, 0) is 54.3 Å². The highest BCUT2D eigenvalue weighted by atomic mass is 32.2. The molecule has 1 amide bonds. The first-order valence-corrected chi connectivity index (χ1v) is 13.5. The van der Waals surface area contributed by atoms with E-state index in [1.807, 2.05) is 59.2 Å². The molecule has 1 atom stereocenters. The minimum Gasteiger partial charge on any atom is -0.504 e. The standard InChI is InChI=1S/C30H28N6O3S/c1-20(29(38)34-32-18-21-15-16-26(37)27(17-21)39-2)40-30-35-33-28(36(30)23-11-4-3-5-12-23)19-31-25-14-8-10-22-9-6-7-13-24(22)25/h3-18,20,31,37H,19H2,1-2H3,(H,34,38). The molecule has 0 aliphatic heterocycles. The number of methoxy groups -OCH3 is 1. The van der Waals surface area contributed by atoms with Gasteiger partial charge in [0.15, 0.2) is 22.5 Å². The molecule has 1 aromatic heterocycles. The van der Waals surface area contributed by atoms with E-state index in [4.69, 9.17) is 4.74 Å². The summed E-state index contributed by atoms with van der Waals surface area (Å²) >= 11 is 1.30. The van der Waals surface area contributed by atoms with Crippen LogP contribution in [0.25, 0.3) is 16.5 Å². The lowest BCUT2D eigenvalue weighted by atomic mass is 10.1. The Bertz CT molecular complexity index is 1650. The molecule has 9 nitrogen and oxygen atoms in total. The molecule has 0 bridgehead atoms. The van der Waals surface area contributed by atoms with Gasteiger partial charge in [-0.1, -0.05) is 66.4 Å². The van der Waals surface area contributed by atoms with Crippen LogP contribution in [0.1, 0.15) is 18.3 Å². The van der Waals surface area contributed by atoms with Gasteiger partial charge < -0.3 is 15.2 Å². The molecule has 40 heavy (non-hydrogen) atoms. The fourth-order valence-corrected chi connectivity index (χ4v) is 5.01. The number of hydrogen-bond acceptors (Lipinski definition) is 8. The van der Waals surface area contributed by atoms with E-state index < -0.39 is 5.25 Å². The topological polar surface area (TPSA) is 114 Å². The van der Waals surface area contributed by atoms with Crippen LogP contribution in [0.15, 0.2) is 101 Å². The Balaban J connectivity index is 1.31. The summed E-state index contributed by atoms with van der Waals surface area (Å²) in [7, 11) is 1.47. The molecular weight excluding hydrogens is 524 g/mol. The Labute approximate surface area is 235 Å². The molecule has 3 N–H and O–H groups in total. The number of carbonyl (C=O) groups excluding carboxylic acids is 1. The number of aromatic nitrogens is 3. The molecule has 5 aromatic rings. The number of hydrogen-bond donors (Lipinski definition) is 3. The molecule has 1 unspecified atom stereocenters. The van der Waals surface area contributed by atoms with Crippen molar-refractivity contribution in [3.8, 4) is 17.2 Å². The zero-order valence-electron chi connectivity index (χ0n) is 22.0. The monoisotopic (exact) mass is 552 g/mol. The van der Waals surface area contributed by atoms with Crippen molar-refractivity contribution in [1.29, 1.82) is 0 Å². The molecule has 10 heteroatoms. The normalized spacial score (nSPS) is 11.9. The van der Waals surface area contributed by atoms with Crippen LogP contribution in [0.4, 0.5) is 5.69 Å². The summed E-state index contributed by atoms with van der Waals surface area (Å²) in [5.74, 6) is 0.784. The molecule has 0 aliphatic carbocycles. The van der Waals surface area contributed by atoms with E-state index in [0.29, 0.717) is 28.8 Å². The number of rotatable bonds is 10. The van der Waals surface area contributed by atoms with Crippen molar-refractivity contribution in [3.63, 3.8) is 0 Å². The molecule has 4 aromatic carbocycles. The third-order valence-electron chi connectivity index (χ3n) is 6.18. The summed E-state index contributed by atoms with van der Waals surface area (Å²) in [6.45, 7) is 2.23. The van der Waals surface area contributed by atoms with Gasteiger partial charge in [-0.15, -0.1) is 10.2 Å². The van der Waals surface area contributed by atoms with Crippen molar-refractivity contribution >= 4 is 40.3 Å². The number of carbonyl (C=O) groups is 1. The molecule has 202 valence electrons. The molecular formula is C30H28N6O3S. The maximum Gasteiger partial charge on any atom is 0.253 e. The highest BCUT2D eigenvalue weighted by Gasteiger charge is 2.21. The first kappa shape index (κ1) is 26.8. The van der Waals surface area contributed by atoms with Crippen LogP contribution in [-0.4, -0.2) is 44.4 Å². The van der Waals surface area contributed by atoms with E-state index in [2.05, 4.69) is 44.2 Å². The summed E-state index contributed by atoms with van der Waals surface area (Å²) < 4.78 is 7.06. The number of anilines is 1. The van der Waals surface area contributed by atoms with Gasteiger partial charge in [0.2, 0.25) is 0 Å². The Hall–Kier alpha value is -4.83. The zero-order chi connectivity index (χ0) is 27.9. The molecule has 5 rings (SSSR count). The average molecular weight is 553 g/mol. The lowest BCUT2D eigenvalue weighted by Gasteiger charge is -2.14. The number of aromatic hydroxyl groups is 1. The van der Waals surface area contributed by atoms with Crippen molar-refractivity contribution in [2.45, 2.75) is 23.9 Å². The smallest absolute Gasteiger partial charge is 0.253 e. The van der Waals surface area contributed by atoms with Crippen LogP contribution < -0.4 is 15.5 Å². The summed E-state index contributed by atoms with van der Waals surface area (Å²) in [4.78, 5) is 12.8. The van der Waals surface area contributed by atoms with Crippen LogP contribution >= 0.6 is 11.8 Å². The summed E-state index contributed by atoms with van der Waals surface area (Å²) in [6.07, 6.45) is 1.49. The van der Waals surface area contributed by atoms with Crippen molar-refractivity contribution in [2.24, 2.45) is 5.10 Å². The zero-order valence-corrected chi connectivity index (χ0v) is 22.8. The highest BCUT2D eigenvalue weighted by Crippen LogP contribution is 2.28. The number of nitrogens with zero attached hydrogens (tertiary/aromatic N) is 4. The van der Waals surface area contributed by atoms with E-state index in [-0.39, 0.29) is 11.7 Å². The average Bonchev–Trinajstić information content (AvgIpc) is 3.39. The van der Waals surface area contributed by atoms with Gasteiger partial charge in [-0.2, -0.15) is 5.10 Å². The first-order valence-electron chi connectivity index (χ1n) is 12.6. The van der Waals surface area contributed by atoms with Gasteiger partial charge in [0.05, 0.1) is 25.1 Å². The van der Waals surface area contributed by atoms with Gasteiger partial charge in [0, 0.05) is 16.8 Å². The Kier molecular flexibility index (Phi) is 8.26. The number of nitrogens with one attached hydrogen (secondary N) is 2. The number of phenolic OH excluding ortho intramolecular Hbond substituents is 1. The second kappa shape index (κ2) is 12.4. The Morgan fingerprint density at radius 1 is 1.05 bits per heavy atom. The Morgan fingerprint density at radius 3 is 2.65 bits per heavy atom. The predicted molar refractivity (Wildman–Crippen MR) is 158 cm³/mol. The summed E-state index contributed by atoms with van der Waals surface area (Å²) in [5.41, 5.74) is 5.14. The van der Waals surface area contributed by atoms with Gasteiger partial charge in [0.1, 0.15) is 0 Å². The van der Waals surface area contributed by atoms with Gasteiger partial charge in [0.25, 0.3) is 5.91 Å². The molecule has 0 saturated heterocycles. The molecule has 0 fully saturated rings. The quantitative estimate of drug-likeness (QED) is 0.121. The van der Waals surface area contributed by atoms with Crippen LogP contribution in [0.3, 0.4) is 0 Å². The predicted octanol–water partition coefficient (Wildman–Crippen LogP) is 5.38. The van der Waals surface area contributed by atoms with E-state index in [0.717, 1.165) is 22.1 Å². The van der Waals surface area contributed by atoms with Crippen LogP contribution in [0.2, 0.25) is 0 Å². The SMILES string of the molecule is COc1cc(C=NNC(=O)C(C)Sc2nnc(CNc3cccc4ccccc34)n2-c2ccccc2)ccc1O. The largest absolute Gasteiger partial charge is 0.504 e. The summed E-state index contributed by atoms with van der Waals surface area (Å²) in [6, 6.07) is 29.0. The number of ether oxygens (including phenoxy) is 1. The number of para-hydroxylation sites is 1. The molecule has 0 aliphatic rings. The number of thioether (sulfide) groups is 1. The number of fused-ring (bicyclic) bond motifs is 1. The van der Waals surface area contributed by atoms with Crippen LogP contribution in [-0.2, 0) is 11.3 Å². The van der Waals surface area contributed by atoms with Crippen molar-refractivity contribution in [3.05, 3.63) is 102 Å². The second-order valence-electron chi connectivity index (χ2n) is 8.88. The van der Waals surface area contributed by atoms with Crippen molar-refractivity contribution < 1.29 is 14.6 Å². The number of amides is 1. The second-order valence-corrected chi connectivity index (χ2v) is 10.2. The number of benzene rings is 4. The van der Waals surface area contributed by atoms with E-state index >= 15 is 0 Å². The fraction of sp³-hybridized carbons (Fsp3) is 0.133. The maximum atomic E-state index is 12.8. The van der Waals surface area contributed by atoms with Crippen molar-refractivity contribution in [2.75, 3.05) is 12.4 Å². The number of phenols is 1. The fourth-order valence-electron chi connectivity index (χ4n) is 4.13. The molecule has 1 heterocycles. The van der Waals surface area contributed by atoms with Crippen molar-refractivity contribution in [1.82, 2.24) is 20.2 Å². The third kappa shape index (κ3) is 6.08. The summed E-state index contributed by atoms with van der Waals surface area (Å²) in [5, 5.41) is 28.6. The third-order valence-corrected chi connectivity index (χ3v) is 7.23. The van der Waals surface area contributed by atoms with E-state index in [1.165, 1.54) is 31.2 Å². The molecule has 0 radical (unpaired) electrons. The molecule has 0 spiro atoms. The van der Waals surface area contributed by atoms with Crippen LogP contribution in [0, 0.1) is 0 Å². The van der Waals surface area contributed by atoms with Crippen LogP contribution in [0.5, 0.6) is 11.5 Å². The number of hydrazone groups is 1. The highest BCUT2D eigenvalue weighted by molar-refractivity contribution is 8.00. The van der Waals surface area contributed by atoms with Gasteiger partial charge in [-0.25, -0.2) is 5.43 Å². The molecule has 0 saturated carbocycles. The lowest BCUT2D eigenvalue weighted by molar-refractivity contribution is -0.120. The first-order chi connectivity index (χ1) is 19.5.